The summed E-state index contributed by atoms with van der Waals surface area (Å²) >= 11 is 0. The van der Waals surface area contributed by atoms with Crippen molar-refractivity contribution < 1.29 is 13.2 Å². The van der Waals surface area contributed by atoms with E-state index in [0.29, 0.717) is 17.1 Å². The van der Waals surface area contributed by atoms with Crippen molar-refractivity contribution in [2.45, 2.75) is 6.18 Å². The van der Waals surface area contributed by atoms with Crippen LogP contribution in [-0.4, -0.2) is 14.1 Å². The van der Waals surface area contributed by atoms with Crippen molar-refractivity contribution in [2.24, 2.45) is 0 Å². The third-order valence-corrected chi connectivity index (χ3v) is 9.16. The lowest BCUT2D eigenvalue weighted by Gasteiger charge is -2.11. The van der Waals surface area contributed by atoms with Gasteiger partial charge >= 0.3 is 6.18 Å². The van der Waals surface area contributed by atoms with Crippen LogP contribution in [0.5, 0.6) is 0 Å². The van der Waals surface area contributed by atoms with E-state index < -0.39 is 11.7 Å². The first kappa shape index (κ1) is 28.1. The number of pyridine rings is 1. The van der Waals surface area contributed by atoms with Crippen LogP contribution < -0.4 is 0 Å². The van der Waals surface area contributed by atoms with Gasteiger partial charge in [-0.3, -0.25) is 4.57 Å². The van der Waals surface area contributed by atoms with E-state index in [1.807, 2.05) is 36.4 Å². The van der Waals surface area contributed by atoms with Gasteiger partial charge in [0.25, 0.3) is 0 Å². The van der Waals surface area contributed by atoms with Gasteiger partial charge in [0.15, 0.2) is 0 Å². The Morgan fingerprint density at radius 1 is 0.417 bits per heavy atom. The molecule has 0 bridgehead atoms. The molecule has 0 unspecified atom stereocenters. The number of halogens is 3. The van der Waals surface area contributed by atoms with Crippen molar-refractivity contribution >= 4 is 43.6 Å². The topological polar surface area (TPSA) is 22.8 Å². The van der Waals surface area contributed by atoms with Crippen LogP contribution in [0.1, 0.15) is 5.56 Å². The lowest BCUT2D eigenvalue weighted by molar-refractivity contribution is -0.137. The van der Waals surface area contributed by atoms with E-state index in [1.54, 1.807) is 0 Å². The fourth-order valence-electron chi connectivity index (χ4n) is 6.95. The number of nitrogens with zero attached hydrogens (tertiary/aromatic N) is 3. The highest BCUT2D eigenvalue weighted by molar-refractivity contribution is 6.12. The third-order valence-electron chi connectivity index (χ3n) is 9.16. The second kappa shape index (κ2) is 10.7. The first-order chi connectivity index (χ1) is 23.4. The van der Waals surface area contributed by atoms with Gasteiger partial charge in [-0.25, -0.2) is 4.98 Å². The van der Waals surface area contributed by atoms with E-state index >= 15 is 0 Å². The first-order valence-electron chi connectivity index (χ1n) is 15.7. The smallest absolute Gasteiger partial charge is 0.309 e. The molecule has 0 aliphatic carbocycles. The number of rotatable bonds is 4. The van der Waals surface area contributed by atoms with Crippen molar-refractivity contribution in [1.82, 2.24) is 14.1 Å². The van der Waals surface area contributed by atoms with Crippen LogP contribution in [-0.2, 0) is 6.18 Å². The van der Waals surface area contributed by atoms with E-state index in [4.69, 9.17) is 4.98 Å². The van der Waals surface area contributed by atoms with Crippen molar-refractivity contribution in [3.63, 3.8) is 0 Å². The molecule has 0 saturated heterocycles. The molecule has 0 atom stereocenters. The highest BCUT2D eigenvalue weighted by Gasteiger charge is 2.30. The fourth-order valence-corrected chi connectivity index (χ4v) is 6.95. The maximum Gasteiger partial charge on any atom is 0.416 e. The highest BCUT2D eigenvalue weighted by atomic mass is 19.4. The molecule has 0 aliphatic heterocycles. The summed E-state index contributed by atoms with van der Waals surface area (Å²) in [6.45, 7) is 0. The summed E-state index contributed by atoms with van der Waals surface area (Å²) in [7, 11) is 0. The minimum absolute atomic E-state index is 0.603. The molecule has 9 aromatic rings. The molecular formula is C42H26F3N3. The normalized spacial score (nSPS) is 12.1. The summed E-state index contributed by atoms with van der Waals surface area (Å²) in [6, 6.07) is 51.2. The lowest BCUT2D eigenvalue weighted by atomic mass is 10.0. The Morgan fingerprint density at radius 3 is 1.56 bits per heavy atom. The lowest BCUT2D eigenvalue weighted by Crippen LogP contribution is -2.04. The molecule has 0 radical (unpaired) electrons. The molecule has 6 heteroatoms. The van der Waals surface area contributed by atoms with Gasteiger partial charge in [0, 0.05) is 32.8 Å². The maximum absolute atomic E-state index is 13.2. The van der Waals surface area contributed by atoms with Crippen LogP contribution in [0.2, 0.25) is 0 Å². The Morgan fingerprint density at radius 2 is 0.938 bits per heavy atom. The summed E-state index contributed by atoms with van der Waals surface area (Å²) in [5.41, 5.74) is 8.23. The zero-order valence-corrected chi connectivity index (χ0v) is 25.5. The van der Waals surface area contributed by atoms with Crippen LogP contribution in [0.3, 0.4) is 0 Å². The van der Waals surface area contributed by atoms with Crippen LogP contribution in [0, 0.1) is 0 Å². The van der Waals surface area contributed by atoms with Gasteiger partial charge in [0.2, 0.25) is 0 Å². The van der Waals surface area contributed by atoms with Gasteiger partial charge in [-0.05, 0) is 83.9 Å². The minimum Gasteiger partial charge on any atom is -0.309 e. The molecule has 9 rings (SSSR count). The van der Waals surface area contributed by atoms with Crippen LogP contribution in [0.15, 0.2) is 158 Å². The number of benzene rings is 6. The van der Waals surface area contributed by atoms with Gasteiger partial charge in [0.1, 0.15) is 5.82 Å². The molecule has 6 aromatic carbocycles. The Bertz CT molecular complexity index is 2650. The van der Waals surface area contributed by atoms with Crippen molar-refractivity contribution in [2.75, 3.05) is 0 Å². The van der Waals surface area contributed by atoms with Crippen molar-refractivity contribution in [3.05, 3.63) is 163 Å². The molecule has 0 spiro atoms. The standard InChI is InChI=1S/C42H26F3N3/c43-42(44,45)30-21-17-27(18-22-30)36-13-8-16-41(46-36)48-38-15-7-5-12-33(38)35-26-29(20-24-40(35)48)28-19-23-39-34(25-28)32-11-4-6-14-37(32)47(39)31-9-2-1-3-10-31/h1-26H. The average molecular weight is 630 g/mol. The molecule has 0 amide bonds. The maximum atomic E-state index is 13.2. The van der Waals surface area contributed by atoms with E-state index in [1.165, 1.54) is 28.4 Å². The van der Waals surface area contributed by atoms with Gasteiger partial charge in [-0.1, -0.05) is 84.9 Å². The van der Waals surface area contributed by atoms with Crippen LogP contribution >= 0.6 is 0 Å². The summed E-state index contributed by atoms with van der Waals surface area (Å²) in [5.74, 6) is 0.696. The van der Waals surface area contributed by atoms with E-state index in [9.17, 15) is 13.2 Å². The molecule has 0 saturated carbocycles. The number of fused-ring (bicyclic) bond motifs is 6. The van der Waals surface area contributed by atoms with Crippen LogP contribution in [0.4, 0.5) is 13.2 Å². The molecule has 0 aliphatic rings. The van der Waals surface area contributed by atoms with Crippen LogP contribution in [0.25, 0.3) is 77.5 Å². The van der Waals surface area contributed by atoms with E-state index in [0.717, 1.165) is 56.3 Å². The molecule has 3 heterocycles. The van der Waals surface area contributed by atoms with Gasteiger partial charge in [0.05, 0.1) is 33.3 Å². The summed E-state index contributed by atoms with van der Waals surface area (Å²) in [4.78, 5) is 4.93. The molecule has 3 aromatic heterocycles. The van der Waals surface area contributed by atoms with Crippen molar-refractivity contribution in [1.29, 1.82) is 0 Å². The van der Waals surface area contributed by atoms with Crippen molar-refractivity contribution in [3.8, 4) is 33.9 Å². The highest BCUT2D eigenvalue weighted by Crippen LogP contribution is 2.38. The summed E-state index contributed by atoms with van der Waals surface area (Å²) < 4.78 is 44.0. The predicted octanol–water partition coefficient (Wildman–Crippen LogP) is 11.6. The van der Waals surface area contributed by atoms with E-state index in [-0.39, 0.29) is 0 Å². The largest absolute Gasteiger partial charge is 0.416 e. The number of hydrogen-bond acceptors (Lipinski definition) is 1. The molecule has 3 nitrogen and oxygen atoms in total. The first-order valence-corrected chi connectivity index (χ1v) is 15.7. The monoisotopic (exact) mass is 629 g/mol. The Labute approximate surface area is 273 Å². The minimum atomic E-state index is -4.39. The summed E-state index contributed by atoms with van der Waals surface area (Å²) in [6.07, 6.45) is -4.39. The zero-order valence-electron chi connectivity index (χ0n) is 25.5. The Kier molecular flexibility index (Phi) is 6.27. The number of alkyl halides is 3. The molecule has 48 heavy (non-hydrogen) atoms. The number of aromatic nitrogens is 3. The summed E-state index contributed by atoms with van der Waals surface area (Å²) in [5, 5.41) is 4.59. The van der Waals surface area contributed by atoms with Gasteiger partial charge in [-0.2, -0.15) is 13.2 Å². The molecule has 230 valence electrons. The average Bonchev–Trinajstić information content (AvgIpc) is 3.64. The quantitative estimate of drug-likeness (QED) is 0.190. The van der Waals surface area contributed by atoms with E-state index in [2.05, 4.69) is 106 Å². The molecule has 0 fully saturated rings. The molecule has 0 N–H and O–H groups in total. The van der Waals surface area contributed by atoms with Gasteiger partial charge < -0.3 is 4.57 Å². The second-order valence-corrected chi connectivity index (χ2v) is 12.0. The third kappa shape index (κ3) is 4.48. The molecular weight excluding hydrogens is 603 g/mol. The zero-order chi connectivity index (χ0) is 32.4. The number of hydrogen-bond donors (Lipinski definition) is 0. The Hall–Kier alpha value is -6.14. The fraction of sp³-hybridized carbons (Fsp3) is 0.0238. The Balaban J connectivity index is 1.18. The predicted molar refractivity (Wildman–Crippen MR) is 189 cm³/mol. The SMILES string of the molecule is FC(F)(F)c1ccc(-c2cccc(-n3c4ccccc4c4cc(-c5ccc6c(c5)c5ccccc5n6-c5ccccc5)ccc43)n2)cc1. The van der Waals surface area contributed by atoms with Gasteiger partial charge in [-0.15, -0.1) is 0 Å². The number of para-hydroxylation sites is 3. The second-order valence-electron chi connectivity index (χ2n) is 12.0.